The number of nitrogens with zero attached hydrogens (tertiary/aromatic N) is 2. The molecule has 3 heterocycles. The number of esters is 2. The number of furan rings is 1. The van der Waals surface area contributed by atoms with Crippen LogP contribution in [-0.4, -0.2) is 30.7 Å². The number of thiazole rings is 1. The van der Waals surface area contributed by atoms with Gasteiger partial charge in [0.25, 0.3) is 5.56 Å². The van der Waals surface area contributed by atoms with Gasteiger partial charge in [-0.1, -0.05) is 23.5 Å². The molecule has 0 saturated carbocycles. The maximum absolute atomic E-state index is 13.3. The minimum atomic E-state index is -0.755. The molecule has 1 unspecified atom stereocenters. The summed E-state index contributed by atoms with van der Waals surface area (Å²) < 4.78 is 16.9. The monoisotopic (exact) mass is 438 g/mol. The van der Waals surface area contributed by atoms with Gasteiger partial charge in [0.15, 0.2) is 4.80 Å². The van der Waals surface area contributed by atoms with E-state index < -0.39 is 18.0 Å². The van der Waals surface area contributed by atoms with Crippen LogP contribution in [0.2, 0.25) is 0 Å². The molecule has 1 atom stereocenters. The molecule has 0 radical (unpaired) electrons. The molecule has 1 aliphatic heterocycles. The fourth-order valence-corrected chi connectivity index (χ4v) is 4.46. The average Bonchev–Trinajstić information content (AvgIpc) is 3.40. The number of allylic oxidation sites excluding steroid dienone is 1. The van der Waals surface area contributed by atoms with Crippen LogP contribution in [0.4, 0.5) is 0 Å². The number of ether oxygens (including phenoxy) is 2. The molecule has 0 N–H and O–H groups in total. The third kappa shape index (κ3) is 3.64. The van der Waals surface area contributed by atoms with Crippen molar-refractivity contribution in [3.8, 4) is 0 Å². The number of benzene rings is 1. The highest BCUT2D eigenvalue weighted by Crippen LogP contribution is 2.30. The molecule has 3 aromatic rings. The van der Waals surface area contributed by atoms with E-state index >= 15 is 0 Å². The van der Waals surface area contributed by atoms with Crippen molar-refractivity contribution < 1.29 is 23.5 Å². The zero-order valence-corrected chi connectivity index (χ0v) is 17.8. The van der Waals surface area contributed by atoms with Crippen LogP contribution in [0.1, 0.15) is 34.6 Å². The van der Waals surface area contributed by atoms with E-state index in [0.29, 0.717) is 31.9 Å². The SMILES string of the molecule is COC(=O)C1=C(C)N=c2s/c(=C\c3ccco3)c(=O)n2C1c1ccc(C(=O)OC)cc1. The van der Waals surface area contributed by atoms with Gasteiger partial charge in [-0.25, -0.2) is 14.6 Å². The van der Waals surface area contributed by atoms with Gasteiger partial charge < -0.3 is 13.9 Å². The first-order valence-corrected chi connectivity index (χ1v) is 10.1. The smallest absolute Gasteiger partial charge is 0.338 e. The second-order valence-corrected chi connectivity index (χ2v) is 7.71. The zero-order valence-electron chi connectivity index (χ0n) is 16.9. The van der Waals surface area contributed by atoms with Crippen LogP contribution < -0.4 is 14.9 Å². The maximum Gasteiger partial charge on any atom is 0.338 e. The van der Waals surface area contributed by atoms with E-state index in [-0.39, 0.29) is 11.1 Å². The molecule has 0 spiro atoms. The van der Waals surface area contributed by atoms with E-state index in [0.717, 1.165) is 0 Å². The van der Waals surface area contributed by atoms with Crippen molar-refractivity contribution >= 4 is 29.4 Å². The molecule has 2 aromatic heterocycles. The number of carbonyl (C=O) groups excluding carboxylic acids is 2. The van der Waals surface area contributed by atoms with Crippen molar-refractivity contribution in [2.75, 3.05) is 14.2 Å². The minimum absolute atomic E-state index is 0.255. The van der Waals surface area contributed by atoms with Gasteiger partial charge >= 0.3 is 11.9 Å². The molecule has 1 aliphatic rings. The molecule has 8 nitrogen and oxygen atoms in total. The third-order valence-electron chi connectivity index (χ3n) is 4.89. The van der Waals surface area contributed by atoms with Crippen LogP contribution in [0.5, 0.6) is 0 Å². The summed E-state index contributed by atoms with van der Waals surface area (Å²) in [4.78, 5) is 42.6. The Balaban J connectivity index is 1.94. The summed E-state index contributed by atoms with van der Waals surface area (Å²) in [5.74, 6) is -0.523. The van der Waals surface area contributed by atoms with Crippen LogP contribution in [0, 0.1) is 0 Å². The largest absolute Gasteiger partial charge is 0.466 e. The Morgan fingerprint density at radius 3 is 2.45 bits per heavy atom. The normalized spacial score (nSPS) is 16.0. The molecule has 0 saturated heterocycles. The summed E-state index contributed by atoms with van der Waals surface area (Å²) in [7, 11) is 2.58. The Morgan fingerprint density at radius 1 is 1.13 bits per heavy atom. The van der Waals surface area contributed by atoms with E-state index in [1.165, 1.54) is 36.4 Å². The number of fused-ring (bicyclic) bond motifs is 1. The highest BCUT2D eigenvalue weighted by molar-refractivity contribution is 7.07. The van der Waals surface area contributed by atoms with E-state index in [9.17, 15) is 14.4 Å². The number of methoxy groups -OCH3 is 2. The van der Waals surface area contributed by atoms with Gasteiger partial charge in [0.1, 0.15) is 5.76 Å². The number of carbonyl (C=O) groups is 2. The second kappa shape index (κ2) is 8.19. The van der Waals surface area contributed by atoms with Crippen LogP contribution >= 0.6 is 11.3 Å². The van der Waals surface area contributed by atoms with E-state index in [2.05, 4.69) is 4.99 Å². The summed E-state index contributed by atoms with van der Waals surface area (Å²) in [5, 5.41) is 0. The number of hydrogen-bond donors (Lipinski definition) is 0. The summed E-state index contributed by atoms with van der Waals surface area (Å²) in [5.41, 5.74) is 1.39. The predicted molar refractivity (Wildman–Crippen MR) is 112 cm³/mol. The highest BCUT2D eigenvalue weighted by atomic mass is 32.1. The molecule has 0 amide bonds. The molecule has 1 aromatic carbocycles. The first-order valence-electron chi connectivity index (χ1n) is 9.27. The van der Waals surface area contributed by atoms with Crippen molar-refractivity contribution in [1.82, 2.24) is 4.57 Å². The molecule has 0 fully saturated rings. The van der Waals surface area contributed by atoms with Gasteiger partial charge in [-0.3, -0.25) is 9.36 Å². The van der Waals surface area contributed by atoms with Gasteiger partial charge in [-0.15, -0.1) is 0 Å². The lowest BCUT2D eigenvalue weighted by atomic mass is 9.95. The molecule has 31 heavy (non-hydrogen) atoms. The first kappa shape index (κ1) is 20.5. The summed E-state index contributed by atoms with van der Waals surface area (Å²) in [6, 6.07) is 9.26. The average molecular weight is 438 g/mol. The lowest BCUT2D eigenvalue weighted by molar-refractivity contribution is -0.136. The molecular weight excluding hydrogens is 420 g/mol. The quantitative estimate of drug-likeness (QED) is 0.576. The van der Waals surface area contributed by atoms with Crippen LogP contribution in [0.15, 0.2) is 68.1 Å². The van der Waals surface area contributed by atoms with Gasteiger partial charge in [-0.2, -0.15) is 0 Å². The van der Waals surface area contributed by atoms with Crippen molar-refractivity contribution in [2.45, 2.75) is 13.0 Å². The molecule has 9 heteroatoms. The molecule has 4 rings (SSSR count). The Kier molecular flexibility index (Phi) is 5.43. The van der Waals surface area contributed by atoms with Gasteiger partial charge in [0.2, 0.25) is 0 Å². The predicted octanol–water partition coefficient (Wildman–Crippen LogP) is 1.79. The molecule has 0 aliphatic carbocycles. The van der Waals surface area contributed by atoms with Gasteiger partial charge in [0, 0.05) is 6.08 Å². The van der Waals surface area contributed by atoms with Crippen LogP contribution in [0.25, 0.3) is 6.08 Å². The summed E-state index contributed by atoms with van der Waals surface area (Å²) >= 11 is 1.20. The Morgan fingerprint density at radius 2 is 1.84 bits per heavy atom. The van der Waals surface area contributed by atoms with E-state index in [1.54, 1.807) is 49.4 Å². The standard InChI is InChI=1S/C22H18N2O6S/c1-12-17(21(27)29-3)18(13-6-8-14(9-7-13)20(26)28-2)24-19(25)16(31-22(24)23-12)11-15-5-4-10-30-15/h4-11,18H,1-3H3/b16-11-. The summed E-state index contributed by atoms with van der Waals surface area (Å²) in [6.07, 6.45) is 3.16. The minimum Gasteiger partial charge on any atom is -0.466 e. The fraction of sp³-hybridized carbons (Fsp3) is 0.182. The van der Waals surface area contributed by atoms with Gasteiger partial charge in [0.05, 0.1) is 47.9 Å². The van der Waals surface area contributed by atoms with Crippen molar-refractivity contribution in [2.24, 2.45) is 4.99 Å². The molecule has 0 bridgehead atoms. The summed E-state index contributed by atoms with van der Waals surface area (Å²) in [6.45, 7) is 1.70. The first-order chi connectivity index (χ1) is 14.9. The van der Waals surface area contributed by atoms with Crippen molar-refractivity contribution in [1.29, 1.82) is 0 Å². The van der Waals surface area contributed by atoms with Crippen LogP contribution in [0.3, 0.4) is 0 Å². The van der Waals surface area contributed by atoms with E-state index in [4.69, 9.17) is 13.9 Å². The fourth-order valence-electron chi connectivity index (χ4n) is 3.43. The number of aromatic nitrogens is 1. The highest BCUT2D eigenvalue weighted by Gasteiger charge is 2.33. The Hall–Kier alpha value is -3.72. The lowest BCUT2D eigenvalue weighted by Crippen LogP contribution is -2.39. The topological polar surface area (TPSA) is 100 Å². The Labute approximate surface area is 180 Å². The Bertz CT molecular complexity index is 1360. The molecular formula is C22H18N2O6S. The second-order valence-electron chi connectivity index (χ2n) is 6.70. The number of rotatable bonds is 4. The lowest BCUT2D eigenvalue weighted by Gasteiger charge is -2.24. The zero-order chi connectivity index (χ0) is 22.1. The maximum atomic E-state index is 13.3. The van der Waals surface area contributed by atoms with E-state index in [1.807, 2.05) is 0 Å². The van der Waals surface area contributed by atoms with Gasteiger partial charge in [-0.05, 0) is 36.8 Å². The number of hydrogen-bond acceptors (Lipinski definition) is 8. The van der Waals surface area contributed by atoms with Crippen LogP contribution in [-0.2, 0) is 14.3 Å². The molecule has 158 valence electrons. The van der Waals surface area contributed by atoms with Crippen molar-refractivity contribution in [3.05, 3.63) is 90.5 Å². The van der Waals surface area contributed by atoms with Crippen molar-refractivity contribution in [3.63, 3.8) is 0 Å². The third-order valence-corrected chi connectivity index (χ3v) is 5.87.